The Kier molecular flexibility index (Phi) is 1.70. The molecule has 1 aliphatic carbocycles. The number of aryl methyl sites for hydroxylation is 1. The van der Waals surface area contributed by atoms with E-state index in [1.54, 1.807) is 0 Å². The van der Waals surface area contributed by atoms with Crippen LogP contribution in [-0.2, 0) is 12.8 Å². The predicted octanol–water partition coefficient (Wildman–Crippen LogP) is 0.585. The van der Waals surface area contributed by atoms with Gasteiger partial charge in [-0.15, -0.1) is 0 Å². The van der Waals surface area contributed by atoms with Crippen LogP contribution in [0.5, 0.6) is 0 Å². The summed E-state index contributed by atoms with van der Waals surface area (Å²) >= 11 is 0. The number of benzene rings is 1. The molecular formula is C10H15N3. The topological polar surface area (TPSA) is 78.1 Å². The largest absolute Gasteiger partial charge is 0.397 e. The summed E-state index contributed by atoms with van der Waals surface area (Å²) in [5, 5.41) is 0. The summed E-state index contributed by atoms with van der Waals surface area (Å²) < 4.78 is 0. The Morgan fingerprint density at radius 1 is 1.23 bits per heavy atom. The molecule has 0 saturated heterocycles. The zero-order valence-electron chi connectivity index (χ0n) is 7.80. The van der Waals surface area contributed by atoms with Crippen molar-refractivity contribution in [3.05, 3.63) is 22.8 Å². The van der Waals surface area contributed by atoms with E-state index in [0.29, 0.717) is 5.69 Å². The zero-order valence-corrected chi connectivity index (χ0v) is 7.80. The van der Waals surface area contributed by atoms with Crippen LogP contribution in [0.3, 0.4) is 0 Å². The van der Waals surface area contributed by atoms with Gasteiger partial charge in [-0.1, -0.05) is 6.07 Å². The Morgan fingerprint density at radius 2 is 1.92 bits per heavy atom. The van der Waals surface area contributed by atoms with Crippen molar-refractivity contribution in [1.29, 1.82) is 0 Å². The summed E-state index contributed by atoms with van der Waals surface area (Å²) in [6.45, 7) is 1.98. The Bertz CT molecular complexity index is 358. The minimum absolute atomic E-state index is 0.221. The van der Waals surface area contributed by atoms with Gasteiger partial charge in [-0.2, -0.15) is 0 Å². The lowest BCUT2D eigenvalue weighted by Gasteiger charge is -2.09. The van der Waals surface area contributed by atoms with Crippen LogP contribution in [0.1, 0.15) is 16.7 Å². The third-order valence-electron chi connectivity index (χ3n) is 2.77. The van der Waals surface area contributed by atoms with Gasteiger partial charge in [0, 0.05) is 6.04 Å². The van der Waals surface area contributed by atoms with Crippen molar-refractivity contribution in [3.63, 3.8) is 0 Å². The van der Waals surface area contributed by atoms with Gasteiger partial charge in [0.25, 0.3) is 0 Å². The quantitative estimate of drug-likeness (QED) is 0.507. The van der Waals surface area contributed by atoms with Gasteiger partial charge in [0.2, 0.25) is 0 Å². The summed E-state index contributed by atoms with van der Waals surface area (Å²) in [5.74, 6) is 0. The summed E-state index contributed by atoms with van der Waals surface area (Å²) in [7, 11) is 0. The molecule has 0 fully saturated rings. The van der Waals surface area contributed by atoms with E-state index in [9.17, 15) is 0 Å². The highest BCUT2D eigenvalue weighted by atomic mass is 14.7. The molecule has 0 heterocycles. The highest BCUT2D eigenvalue weighted by Gasteiger charge is 2.22. The van der Waals surface area contributed by atoms with E-state index in [4.69, 9.17) is 17.2 Å². The Morgan fingerprint density at radius 3 is 2.62 bits per heavy atom. The fourth-order valence-electron chi connectivity index (χ4n) is 2.01. The van der Waals surface area contributed by atoms with Gasteiger partial charge in [0.15, 0.2) is 0 Å². The number of anilines is 2. The number of fused-ring (bicyclic) bond motifs is 1. The minimum Gasteiger partial charge on any atom is -0.397 e. The standard InChI is InChI=1S/C10H15N3/c1-5-2-6-3-7(11)4-8(6)10(13)9(5)12/h2,7H,3-4,11-13H2,1H3. The maximum atomic E-state index is 5.92. The third kappa shape index (κ3) is 1.16. The summed E-state index contributed by atoms with van der Waals surface area (Å²) in [6, 6.07) is 2.33. The molecule has 0 saturated carbocycles. The van der Waals surface area contributed by atoms with E-state index in [-0.39, 0.29) is 6.04 Å². The van der Waals surface area contributed by atoms with Crippen LogP contribution >= 0.6 is 0 Å². The van der Waals surface area contributed by atoms with Crippen molar-refractivity contribution in [3.8, 4) is 0 Å². The Labute approximate surface area is 77.9 Å². The fraction of sp³-hybridized carbons (Fsp3) is 0.400. The molecule has 0 aliphatic heterocycles. The van der Waals surface area contributed by atoms with Gasteiger partial charge in [-0.25, -0.2) is 0 Å². The first-order valence-corrected chi connectivity index (χ1v) is 4.51. The van der Waals surface area contributed by atoms with E-state index in [1.807, 2.05) is 6.92 Å². The number of nitrogens with two attached hydrogens (primary N) is 3. The van der Waals surface area contributed by atoms with Gasteiger partial charge >= 0.3 is 0 Å². The SMILES string of the molecule is Cc1cc2c(c(N)c1N)CC(N)C2. The molecule has 0 spiro atoms. The van der Waals surface area contributed by atoms with Crippen molar-refractivity contribution < 1.29 is 0 Å². The molecule has 1 aromatic carbocycles. The second-order valence-electron chi connectivity index (χ2n) is 3.83. The minimum atomic E-state index is 0.221. The number of rotatable bonds is 0. The average molecular weight is 177 g/mol. The van der Waals surface area contributed by atoms with Crippen molar-refractivity contribution in [2.45, 2.75) is 25.8 Å². The predicted molar refractivity (Wildman–Crippen MR) is 55.4 cm³/mol. The van der Waals surface area contributed by atoms with Crippen molar-refractivity contribution in [2.75, 3.05) is 11.5 Å². The van der Waals surface area contributed by atoms with Gasteiger partial charge in [-0.05, 0) is 36.5 Å². The molecule has 1 aromatic rings. The molecule has 0 aromatic heterocycles. The molecule has 6 N–H and O–H groups in total. The molecule has 1 atom stereocenters. The lowest BCUT2D eigenvalue weighted by atomic mass is 10.0. The Hall–Kier alpha value is -1.22. The fourth-order valence-corrected chi connectivity index (χ4v) is 2.01. The molecule has 0 bridgehead atoms. The first-order valence-electron chi connectivity index (χ1n) is 4.51. The van der Waals surface area contributed by atoms with Gasteiger partial charge < -0.3 is 17.2 Å². The van der Waals surface area contributed by atoms with Gasteiger partial charge in [0.1, 0.15) is 0 Å². The smallest absolute Gasteiger partial charge is 0.0586 e. The lowest BCUT2D eigenvalue weighted by molar-refractivity contribution is 0.721. The van der Waals surface area contributed by atoms with Crippen LogP contribution in [-0.4, -0.2) is 6.04 Å². The van der Waals surface area contributed by atoms with Gasteiger partial charge in [0.05, 0.1) is 11.4 Å². The highest BCUT2D eigenvalue weighted by Crippen LogP contribution is 2.33. The van der Waals surface area contributed by atoms with Crippen LogP contribution in [0.25, 0.3) is 0 Å². The molecule has 0 radical (unpaired) electrons. The first-order chi connectivity index (χ1) is 6.09. The maximum absolute atomic E-state index is 5.92. The van der Waals surface area contributed by atoms with E-state index in [0.717, 1.165) is 29.7 Å². The molecule has 3 heteroatoms. The van der Waals surface area contributed by atoms with Gasteiger partial charge in [-0.3, -0.25) is 0 Å². The number of nitrogen functional groups attached to an aromatic ring is 2. The van der Waals surface area contributed by atoms with Crippen LogP contribution in [0.15, 0.2) is 6.07 Å². The van der Waals surface area contributed by atoms with Crippen LogP contribution in [0.4, 0.5) is 11.4 Å². The monoisotopic (exact) mass is 177 g/mol. The Balaban J connectivity index is 2.60. The summed E-state index contributed by atoms with van der Waals surface area (Å²) in [6.07, 6.45) is 1.80. The maximum Gasteiger partial charge on any atom is 0.0586 e. The highest BCUT2D eigenvalue weighted by molar-refractivity contribution is 5.73. The molecular weight excluding hydrogens is 162 g/mol. The molecule has 0 amide bonds. The summed E-state index contributed by atoms with van der Waals surface area (Å²) in [4.78, 5) is 0. The number of hydrogen-bond donors (Lipinski definition) is 3. The van der Waals surface area contributed by atoms with Crippen molar-refractivity contribution >= 4 is 11.4 Å². The van der Waals surface area contributed by atoms with E-state index in [1.165, 1.54) is 5.56 Å². The normalized spacial score (nSPS) is 20.3. The first kappa shape index (κ1) is 8.38. The molecule has 2 rings (SSSR count). The molecule has 1 unspecified atom stereocenters. The summed E-state index contributed by atoms with van der Waals surface area (Å²) in [5.41, 5.74) is 22.6. The van der Waals surface area contributed by atoms with Crippen LogP contribution in [0.2, 0.25) is 0 Å². The lowest BCUT2D eigenvalue weighted by Crippen LogP contribution is -2.19. The van der Waals surface area contributed by atoms with E-state index < -0.39 is 0 Å². The second-order valence-corrected chi connectivity index (χ2v) is 3.83. The van der Waals surface area contributed by atoms with Crippen molar-refractivity contribution in [2.24, 2.45) is 5.73 Å². The van der Waals surface area contributed by atoms with E-state index >= 15 is 0 Å². The molecule has 1 aliphatic rings. The van der Waals surface area contributed by atoms with Crippen molar-refractivity contribution in [1.82, 2.24) is 0 Å². The molecule has 70 valence electrons. The molecule has 13 heavy (non-hydrogen) atoms. The average Bonchev–Trinajstić information content (AvgIpc) is 2.42. The zero-order chi connectivity index (χ0) is 9.59. The second kappa shape index (κ2) is 2.64. The third-order valence-corrected chi connectivity index (χ3v) is 2.77. The van der Waals surface area contributed by atoms with Crippen LogP contribution in [0, 0.1) is 6.92 Å². The van der Waals surface area contributed by atoms with Crippen LogP contribution < -0.4 is 17.2 Å². The number of hydrogen-bond acceptors (Lipinski definition) is 3. The van der Waals surface area contributed by atoms with E-state index in [2.05, 4.69) is 6.07 Å². The molecule has 3 nitrogen and oxygen atoms in total.